The first kappa shape index (κ1) is 21.7. The van der Waals surface area contributed by atoms with Crippen molar-refractivity contribution in [2.24, 2.45) is 0 Å². The third-order valence-electron chi connectivity index (χ3n) is 6.28. The van der Waals surface area contributed by atoms with Crippen LogP contribution in [0.1, 0.15) is 28.8 Å². The number of carbonyl (C=O) groups is 3. The number of anilines is 2. The molecule has 1 fully saturated rings. The van der Waals surface area contributed by atoms with Crippen LogP contribution in [-0.2, 0) is 15.0 Å². The molecule has 5 N–H and O–H groups in total. The van der Waals surface area contributed by atoms with Crippen molar-refractivity contribution in [2.45, 2.75) is 23.8 Å². The molecule has 2 atom stereocenters. The Labute approximate surface area is 189 Å². The fourth-order valence-corrected chi connectivity index (χ4v) is 5.07. The minimum atomic E-state index is -1.20. The molecular formula is C24H23N3O4S. The summed E-state index contributed by atoms with van der Waals surface area (Å²) >= 11 is 1.59. The molecule has 1 aliphatic rings. The number of nitrogens with two attached hydrogens (primary N) is 1. The molecule has 1 amide bonds. The Morgan fingerprint density at radius 1 is 1.19 bits per heavy atom. The summed E-state index contributed by atoms with van der Waals surface area (Å²) in [6, 6.07) is 15.9. The van der Waals surface area contributed by atoms with E-state index in [9.17, 15) is 19.5 Å². The van der Waals surface area contributed by atoms with Gasteiger partial charge in [-0.25, -0.2) is 0 Å². The SMILES string of the molecule is CNC1(CC=O)CC1(C(=O)O)c1ccc(C(=O)Nc2cc(-c3cccs3)ccc2N)cc1. The maximum absolute atomic E-state index is 12.8. The Kier molecular flexibility index (Phi) is 5.58. The van der Waals surface area contributed by atoms with E-state index >= 15 is 0 Å². The molecule has 0 bridgehead atoms. The monoisotopic (exact) mass is 449 g/mol. The van der Waals surface area contributed by atoms with Crippen LogP contribution in [0.3, 0.4) is 0 Å². The Morgan fingerprint density at radius 3 is 2.53 bits per heavy atom. The normalized spacial score (nSPS) is 21.7. The fourth-order valence-electron chi connectivity index (χ4n) is 4.34. The second kappa shape index (κ2) is 8.22. The van der Waals surface area contributed by atoms with Crippen molar-refractivity contribution in [3.8, 4) is 10.4 Å². The van der Waals surface area contributed by atoms with Gasteiger partial charge in [0, 0.05) is 22.4 Å². The number of nitrogen functional groups attached to an aromatic ring is 1. The third-order valence-corrected chi connectivity index (χ3v) is 7.20. The zero-order valence-corrected chi connectivity index (χ0v) is 18.2. The number of likely N-dealkylation sites (N-methyl/N-ethyl adjacent to an activating group) is 1. The standard InChI is InChI=1S/C24H23N3O4S/c1-26-23(10-11-28)14-24(23,22(30)31)17-7-4-15(5-8-17)21(29)27-19-13-16(6-9-18(19)25)20-3-2-12-32-20/h2-9,11-13,26H,10,14,25H2,1H3,(H,27,29)(H,30,31). The minimum Gasteiger partial charge on any atom is -0.481 e. The second-order valence-electron chi connectivity index (χ2n) is 7.90. The van der Waals surface area contributed by atoms with Crippen LogP contribution in [0.5, 0.6) is 0 Å². The summed E-state index contributed by atoms with van der Waals surface area (Å²) < 4.78 is 0. The lowest BCUT2D eigenvalue weighted by Crippen LogP contribution is -2.41. The maximum Gasteiger partial charge on any atom is 0.316 e. The number of carbonyl (C=O) groups excluding carboxylic acids is 2. The van der Waals surface area contributed by atoms with Crippen molar-refractivity contribution in [2.75, 3.05) is 18.1 Å². The largest absolute Gasteiger partial charge is 0.481 e. The van der Waals surface area contributed by atoms with Gasteiger partial charge in [0.25, 0.3) is 5.91 Å². The van der Waals surface area contributed by atoms with Crippen LogP contribution < -0.4 is 16.4 Å². The summed E-state index contributed by atoms with van der Waals surface area (Å²) in [4.78, 5) is 37.1. The Balaban J connectivity index is 1.56. The molecule has 1 aromatic heterocycles. The van der Waals surface area contributed by atoms with Crippen LogP contribution >= 0.6 is 11.3 Å². The fraction of sp³-hybridized carbons (Fsp3) is 0.208. The molecule has 4 rings (SSSR count). The molecule has 0 spiro atoms. The van der Waals surface area contributed by atoms with Gasteiger partial charge in [-0.05, 0) is 60.3 Å². The van der Waals surface area contributed by atoms with Gasteiger partial charge in [-0.2, -0.15) is 0 Å². The smallest absolute Gasteiger partial charge is 0.316 e. The molecule has 1 saturated carbocycles. The number of benzene rings is 2. The highest BCUT2D eigenvalue weighted by Crippen LogP contribution is 2.59. The molecule has 1 heterocycles. The summed E-state index contributed by atoms with van der Waals surface area (Å²) in [5.41, 5.74) is 6.88. The predicted molar refractivity (Wildman–Crippen MR) is 125 cm³/mol. The Hall–Kier alpha value is -3.49. The van der Waals surface area contributed by atoms with Crippen LogP contribution in [0, 0.1) is 0 Å². The van der Waals surface area contributed by atoms with Crippen LogP contribution in [0.25, 0.3) is 10.4 Å². The second-order valence-corrected chi connectivity index (χ2v) is 8.85. The van der Waals surface area contributed by atoms with Crippen LogP contribution in [-0.4, -0.2) is 35.9 Å². The van der Waals surface area contributed by atoms with E-state index in [1.807, 2.05) is 29.6 Å². The molecule has 164 valence electrons. The molecule has 0 radical (unpaired) electrons. The molecule has 7 nitrogen and oxygen atoms in total. The number of aldehydes is 1. The summed E-state index contributed by atoms with van der Waals surface area (Å²) in [6.45, 7) is 0. The quantitative estimate of drug-likeness (QED) is 0.308. The summed E-state index contributed by atoms with van der Waals surface area (Å²) in [5, 5.41) is 17.7. The highest BCUT2D eigenvalue weighted by molar-refractivity contribution is 7.13. The first-order valence-electron chi connectivity index (χ1n) is 10.1. The molecule has 2 unspecified atom stereocenters. The highest BCUT2D eigenvalue weighted by atomic mass is 32.1. The number of aliphatic carboxylic acids is 1. The zero-order valence-electron chi connectivity index (χ0n) is 17.4. The number of hydrogen-bond donors (Lipinski definition) is 4. The van der Waals surface area contributed by atoms with Gasteiger partial charge in [0.15, 0.2) is 0 Å². The van der Waals surface area contributed by atoms with Gasteiger partial charge in [0.2, 0.25) is 0 Å². The van der Waals surface area contributed by atoms with Crippen LogP contribution in [0.2, 0.25) is 0 Å². The first-order valence-corrected chi connectivity index (χ1v) is 11.0. The van der Waals surface area contributed by atoms with Crippen molar-refractivity contribution in [3.05, 3.63) is 71.1 Å². The summed E-state index contributed by atoms with van der Waals surface area (Å²) in [7, 11) is 1.66. The first-order chi connectivity index (χ1) is 15.4. The van der Waals surface area contributed by atoms with Crippen LogP contribution in [0.4, 0.5) is 11.4 Å². The molecule has 0 saturated heterocycles. The Bertz CT molecular complexity index is 1180. The van der Waals surface area contributed by atoms with E-state index in [4.69, 9.17) is 5.73 Å². The minimum absolute atomic E-state index is 0.0951. The Morgan fingerprint density at radius 2 is 1.94 bits per heavy atom. The third kappa shape index (κ3) is 3.47. The molecule has 2 aromatic carbocycles. The van der Waals surface area contributed by atoms with Gasteiger partial charge in [0.05, 0.1) is 11.4 Å². The molecule has 3 aromatic rings. The van der Waals surface area contributed by atoms with Gasteiger partial charge in [-0.15, -0.1) is 11.3 Å². The topological polar surface area (TPSA) is 122 Å². The van der Waals surface area contributed by atoms with Crippen LogP contribution in [0.15, 0.2) is 60.0 Å². The number of thiophene rings is 1. The molecule has 32 heavy (non-hydrogen) atoms. The van der Waals surface area contributed by atoms with Crippen molar-refractivity contribution < 1.29 is 19.5 Å². The van der Waals surface area contributed by atoms with Gasteiger partial charge in [0.1, 0.15) is 11.7 Å². The molecular weight excluding hydrogens is 426 g/mol. The van der Waals surface area contributed by atoms with Gasteiger partial charge in [-0.1, -0.05) is 24.3 Å². The maximum atomic E-state index is 12.8. The predicted octanol–water partition coefficient (Wildman–Crippen LogP) is 3.52. The van der Waals surface area contributed by atoms with E-state index in [1.165, 1.54) is 0 Å². The van der Waals surface area contributed by atoms with E-state index in [-0.39, 0.29) is 12.3 Å². The van der Waals surface area contributed by atoms with Crippen molar-refractivity contribution in [1.82, 2.24) is 5.32 Å². The van der Waals surface area contributed by atoms with E-state index in [0.717, 1.165) is 16.7 Å². The van der Waals surface area contributed by atoms with E-state index in [0.29, 0.717) is 28.9 Å². The number of rotatable bonds is 8. The van der Waals surface area contributed by atoms with E-state index in [2.05, 4.69) is 10.6 Å². The molecule has 0 aliphatic heterocycles. The number of amides is 1. The average molecular weight is 450 g/mol. The average Bonchev–Trinajstić information content (AvgIpc) is 3.15. The lowest BCUT2D eigenvalue weighted by Gasteiger charge is -2.21. The van der Waals surface area contributed by atoms with Crippen molar-refractivity contribution in [3.63, 3.8) is 0 Å². The van der Waals surface area contributed by atoms with E-state index < -0.39 is 16.9 Å². The van der Waals surface area contributed by atoms with Gasteiger partial charge in [-0.3, -0.25) is 9.59 Å². The zero-order chi connectivity index (χ0) is 22.9. The van der Waals surface area contributed by atoms with Gasteiger partial charge < -0.3 is 26.3 Å². The number of carboxylic acids is 1. The number of nitrogens with one attached hydrogen (secondary N) is 2. The van der Waals surface area contributed by atoms with Crippen molar-refractivity contribution in [1.29, 1.82) is 0 Å². The number of hydrogen-bond acceptors (Lipinski definition) is 6. The highest BCUT2D eigenvalue weighted by Gasteiger charge is 2.72. The lowest BCUT2D eigenvalue weighted by molar-refractivity contribution is -0.140. The van der Waals surface area contributed by atoms with Gasteiger partial charge >= 0.3 is 5.97 Å². The summed E-state index contributed by atoms with van der Waals surface area (Å²) in [6.07, 6.45) is 1.14. The summed E-state index contributed by atoms with van der Waals surface area (Å²) in [5.74, 6) is -1.34. The molecule has 1 aliphatic carbocycles. The number of carboxylic acid groups (broad SMARTS) is 1. The van der Waals surface area contributed by atoms with E-state index in [1.54, 1.807) is 48.7 Å². The lowest BCUT2D eigenvalue weighted by atomic mass is 9.88. The van der Waals surface area contributed by atoms with Crippen molar-refractivity contribution >= 4 is 40.9 Å². The molecule has 8 heteroatoms.